The molecule has 2 aromatic rings. The summed E-state index contributed by atoms with van der Waals surface area (Å²) < 4.78 is 12.1. The van der Waals surface area contributed by atoms with Gasteiger partial charge in [-0.15, -0.1) is 0 Å². The molecular weight excluding hydrogens is 330 g/mol. The van der Waals surface area contributed by atoms with Crippen molar-refractivity contribution in [3.63, 3.8) is 0 Å². The zero-order valence-electron chi connectivity index (χ0n) is 12.6. The number of para-hydroxylation sites is 1. The fourth-order valence-corrected chi connectivity index (χ4v) is 2.55. The Morgan fingerprint density at radius 2 is 2.00 bits per heavy atom. The van der Waals surface area contributed by atoms with E-state index >= 15 is 0 Å². The van der Waals surface area contributed by atoms with E-state index in [0.29, 0.717) is 13.2 Å². The van der Waals surface area contributed by atoms with Gasteiger partial charge in [0.05, 0.1) is 13.7 Å². The Hall–Kier alpha value is -1.68. The van der Waals surface area contributed by atoms with Crippen molar-refractivity contribution in [1.29, 1.82) is 0 Å². The first-order valence-electron chi connectivity index (χ1n) is 6.94. The first kappa shape index (κ1) is 15.7. The zero-order valence-corrected chi connectivity index (χ0v) is 14.2. The largest absolute Gasteiger partial charge is 0.493 e. The maximum atomic E-state index is 5.60. The molecule has 2 rings (SSSR count). The van der Waals surface area contributed by atoms with E-state index in [4.69, 9.17) is 9.47 Å². The van der Waals surface area contributed by atoms with Crippen molar-refractivity contribution in [1.82, 2.24) is 0 Å². The highest BCUT2D eigenvalue weighted by molar-refractivity contribution is 9.10. The third-order valence-corrected chi connectivity index (χ3v) is 3.85. The number of halogens is 1. The molecule has 0 saturated carbocycles. The molecule has 0 radical (unpaired) electrons. The first-order valence-corrected chi connectivity index (χ1v) is 7.73. The third kappa shape index (κ3) is 3.91. The molecule has 0 atom stereocenters. The number of nitrogens with one attached hydrogen (secondary N) is 1. The Bertz CT molecular complexity index is 614. The van der Waals surface area contributed by atoms with Crippen molar-refractivity contribution in [3.05, 3.63) is 52.0 Å². The second kappa shape index (κ2) is 7.36. The minimum Gasteiger partial charge on any atom is -0.493 e. The second-order valence-electron chi connectivity index (χ2n) is 4.72. The van der Waals surface area contributed by atoms with Crippen LogP contribution in [0.5, 0.6) is 11.5 Å². The molecule has 0 aromatic heterocycles. The van der Waals surface area contributed by atoms with Crippen molar-refractivity contribution < 1.29 is 9.47 Å². The lowest BCUT2D eigenvalue weighted by Gasteiger charge is -2.15. The van der Waals surface area contributed by atoms with Gasteiger partial charge in [0.2, 0.25) is 0 Å². The van der Waals surface area contributed by atoms with Gasteiger partial charge < -0.3 is 14.8 Å². The van der Waals surface area contributed by atoms with Gasteiger partial charge in [-0.1, -0.05) is 18.2 Å². The van der Waals surface area contributed by atoms with Gasteiger partial charge >= 0.3 is 0 Å². The summed E-state index contributed by atoms with van der Waals surface area (Å²) in [4.78, 5) is 0. The predicted octanol–water partition coefficient (Wildman–Crippen LogP) is 4.78. The van der Waals surface area contributed by atoms with Crippen LogP contribution in [0.15, 0.2) is 40.9 Å². The fourth-order valence-electron chi connectivity index (χ4n) is 2.17. The van der Waals surface area contributed by atoms with E-state index in [1.54, 1.807) is 7.11 Å². The smallest absolute Gasteiger partial charge is 0.165 e. The van der Waals surface area contributed by atoms with Crippen LogP contribution in [0.3, 0.4) is 0 Å². The van der Waals surface area contributed by atoms with Crippen molar-refractivity contribution in [3.8, 4) is 11.5 Å². The number of rotatable bonds is 6. The number of ether oxygens (including phenoxy) is 2. The lowest BCUT2D eigenvalue weighted by molar-refractivity contribution is 0.309. The normalized spacial score (nSPS) is 10.3. The lowest BCUT2D eigenvalue weighted by atomic mass is 10.1. The van der Waals surface area contributed by atoms with Crippen LogP contribution in [-0.4, -0.2) is 13.7 Å². The van der Waals surface area contributed by atoms with E-state index < -0.39 is 0 Å². The van der Waals surface area contributed by atoms with Crippen LogP contribution in [0.4, 0.5) is 5.69 Å². The first-order chi connectivity index (χ1) is 10.2. The highest BCUT2D eigenvalue weighted by atomic mass is 79.9. The van der Waals surface area contributed by atoms with Crippen LogP contribution in [0.25, 0.3) is 0 Å². The lowest BCUT2D eigenvalue weighted by Crippen LogP contribution is -2.04. The van der Waals surface area contributed by atoms with Gasteiger partial charge in [0, 0.05) is 22.3 Å². The van der Waals surface area contributed by atoms with E-state index in [1.165, 1.54) is 5.56 Å². The van der Waals surface area contributed by atoms with Crippen LogP contribution in [0, 0.1) is 6.92 Å². The van der Waals surface area contributed by atoms with Gasteiger partial charge in [-0.3, -0.25) is 0 Å². The van der Waals surface area contributed by atoms with Gasteiger partial charge in [-0.05, 0) is 53.5 Å². The van der Waals surface area contributed by atoms with Gasteiger partial charge in [-0.2, -0.15) is 0 Å². The average Bonchev–Trinajstić information content (AvgIpc) is 2.48. The zero-order chi connectivity index (χ0) is 15.2. The van der Waals surface area contributed by atoms with Crippen LogP contribution in [0.1, 0.15) is 18.1 Å². The molecule has 0 saturated heterocycles. The number of benzene rings is 2. The Balaban J connectivity index is 2.19. The van der Waals surface area contributed by atoms with E-state index in [1.807, 2.05) is 31.2 Å². The van der Waals surface area contributed by atoms with Crippen molar-refractivity contribution in [2.45, 2.75) is 20.4 Å². The topological polar surface area (TPSA) is 30.5 Å². The van der Waals surface area contributed by atoms with Gasteiger partial charge in [0.25, 0.3) is 0 Å². The van der Waals surface area contributed by atoms with E-state index in [-0.39, 0.29) is 0 Å². The molecule has 0 amide bonds. The summed E-state index contributed by atoms with van der Waals surface area (Å²) in [6.07, 6.45) is 0. The Labute approximate surface area is 134 Å². The van der Waals surface area contributed by atoms with Gasteiger partial charge in [-0.25, -0.2) is 0 Å². The molecular formula is C17H20BrNO2. The number of hydrogen-bond acceptors (Lipinski definition) is 3. The monoisotopic (exact) mass is 349 g/mol. The van der Waals surface area contributed by atoms with E-state index in [0.717, 1.165) is 27.2 Å². The third-order valence-electron chi connectivity index (χ3n) is 3.16. The average molecular weight is 350 g/mol. The summed E-state index contributed by atoms with van der Waals surface area (Å²) >= 11 is 3.56. The number of anilines is 1. The van der Waals surface area contributed by atoms with Gasteiger partial charge in [0.15, 0.2) is 11.5 Å². The number of methoxy groups -OCH3 is 1. The maximum absolute atomic E-state index is 5.60. The molecule has 112 valence electrons. The molecule has 2 aromatic carbocycles. The Morgan fingerprint density at radius 1 is 1.19 bits per heavy atom. The summed E-state index contributed by atoms with van der Waals surface area (Å²) in [7, 11) is 1.67. The molecule has 0 aliphatic heterocycles. The SMILES string of the molecule is CCOc1cccc(CNc2cc(C)ccc2Br)c1OC. The quantitative estimate of drug-likeness (QED) is 0.814. The molecule has 3 nitrogen and oxygen atoms in total. The Morgan fingerprint density at radius 3 is 2.71 bits per heavy atom. The minimum atomic E-state index is 0.622. The molecule has 0 heterocycles. The van der Waals surface area contributed by atoms with Crippen LogP contribution in [-0.2, 0) is 6.54 Å². The summed E-state index contributed by atoms with van der Waals surface area (Å²) in [5.41, 5.74) is 3.35. The van der Waals surface area contributed by atoms with Crippen molar-refractivity contribution >= 4 is 21.6 Å². The van der Waals surface area contributed by atoms with Crippen molar-refractivity contribution in [2.24, 2.45) is 0 Å². The van der Waals surface area contributed by atoms with Crippen molar-refractivity contribution in [2.75, 3.05) is 19.0 Å². The molecule has 0 aliphatic carbocycles. The molecule has 0 spiro atoms. The summed E-state index contributed by atoms with van der Waals surface area (Å²) in [6.45, 7) is 5.34. The van der Waals surface area contributed by atoms with Gasteiger partial charge in [0.1, 0.15) is 0 Å². The van der Waals surface area contributed by atoms with Crippen LogP contribution in [0.2, 0.25) is 0 Å². The summed E-state index contributed by atoms with van der Waals surface area (Å²) in [5, 5.41) is 3.43. The molecule has 1 N–H and O–H groups in total. The standard InChI is InChI=1S/C17H20BrNO2/c1-4-21-16-7-5-6-13(17(16)20-3)11-19-15-10-12(2)8-9-14(15)18/h5-10,19H,4,11H2,1-3H3. The molecule has 4 heteroatoms. The number of aryl methyl sites for hydroxylation is 1. The highest BCUT2D eigenvalue weighted by Crippen LogP contribution is 2.32. The molecule has 0 unspecified atom stereocenters. The number of hydrogen-bond donors (Lipinski definition) is 1. The fraction of sp³-hybridized carbons (Fsp3) is 0.294. The maximum Gasteiger partial charge on any atom is 0.165 e. The van der Waals surface area contributed by atoms with Crippen LogP contribution >= 0.6 is 15.9 Å². The summed E-state index contributed by atoms with van der Waals surface area (Å²) in [5.74, 6) is 1.57. The Kier molecular flexibility index (Phi) is 5.51. The molecule has 0 fully saturated rings. The highest BCUT2D eigenvalue weighted by Gasteiger charge is 2.10. The van der Waals surface area contributed by atoms with E-state index in [9.17, 15) is 0 Å². The molecule has 0 bridgehead atoms. The molecule has 0 aliphatic rings. The molecule has 21 heavy (non-hydrogen) atoms. The second-order valence-corrected chi connectivity index (χ2v) is 5.57. The van der Waals surface area contributed by atoms with Crippen LogP contribution < -0.4 is 14.8 Å². The predicted molar refractivity (Wildman–Crippen MR) is 90.4 cm³/mol. The summed E-state index contributed by atoms with van der Waals surface area (Å²) in [6, 6.07) is 12.2. The van der Waals surface area contributed by atoms with E-state index in [2.05, 4.69) is 40.3 Å². The minimum absolute atomic E-state index is 0.622.